The molecule has 1 aliphatic heterocycles. The van der Waals surface area contributed by atoms with Crippen LogP contribution in [0.15, 0.2) is 18.2 Å². The molecule has 0 fully saturated rings. The highest BCUT2D eigenvalue weighted by Gasteiger charge is 2.25. The van der Waals surface area contributed by atoms with Gasteiger partial charge in [-0.1, -0.05) is 13.0 Å². The van der Waals surface area contributed by atoms with Crippen LogP contribution < -0.4 is 5.32 Å². The first-order valence-corrected chi connectivity index (χ1v) is 10.2. The zero-order valence-electron chi connectivity index (χ0n) is 15.1. The Morgan fingerprint density at radius 2 is 2.08 bits per heavy atom. The number of nitrogens with zero attached hydrogens (tertiary/aromatic N) is 2. The van der Waals surface area contributed by atoms with E-state index in [1.54, 1.807) is 11.3 Å². The van der Waals surface area contributed by atoms with Crippen LogP contribution in [0.25, 0.3) is 0 Å². The van der Waals surface area contributed by atoms with Gasteiger partial charge in [0, 0.05) is 23.5 Å². The fourth-order valence-corrected chi connectivity index (χ4v) is 5.22. The third kappa shape index (κ3) is 3.15. The van der Waals surface area contributed by atoms with E-state index in [1.165, 1.54) is 28.8 Å². The minimum atomic E-state index is -0.110. The highest BCUT2D eigenvalue weighted by molar-refractivity contribution is 7.16. The van der Waals surface area contributed by atoms with Crippen molar-refractivity contribution in [1.29, 1.82) is 5.26 Å². The third-order valence-corrected chi connectivity index (χ3v) is 6.66. The average Bonchev–Trinajstić information content (AvgIpc) is 3.03. The van der Waals surface area contributed by atoms with E-state index in [0.717, 1.165) is 44.5 Å². The summed E-state index contributed by atoms with van der Waals surface area (Å²) in [6.07, 6.45) is 5.49. The van der Waals surface area contributed by atoms with Crippen molar-refractivity contribution < 1.29 is 4.79 Å². The fourth-order valence-electron chi connectivity index (χ4n) is 3.98. The fraction of sp³-hybridized carbons (Fsp3) is 0.429. The van der Waals surface area contributed by atoms with Gasteiger partial charge in [0.25, 0.3) is 5.91 Å². The Bertz CT molecular complexity index is 893. The van der Waals surface area contributed by atoms with E-state index in [9.17, 15) is 10.1 Å². The number of benzene rings is 1. The molecule has 1 N–H and O–H groups in total. The molecule has 0 radical (unpaired) electrons. The number of hydrogen-bond acceptors (Lipinski definition) is 4. The van der Waals surface area contributed by atoms with Gasteiger partial charge in [-0.25, -0.2) is 0 Å². The topological polar surface area (TPSA) is 56.1 Å². The van der Waals surface area contributed by atoms with Gasteiger partial charge >= 0.3 is 0 Å². The number of anilines is 1. The molecule has 1 aromatic heterocycles. The lowest BCUT2D eigenvalue weighted by atomic mass is 9.90. The third-order valence-electron chi connectivity index (χ3n) is 5.53. The molecule has 0 unspecified atom stereocenters. The molecular formula is C21H23N3OS. The SMILES string of the molecule is CCN1CCc2c(sc(NC(=O)c3ccc4c(c3)CCCC4)c2C#N)C1. The van der Waals surface area contributed by atoms with Crippen LogP contribution in [0.1, 0.15) is 57.3 Å². The Hall–Kier alpha value is -2.16. The van der Waals surface area contributed by atoms with Crippen LogP contribution in [0, 0.1) is 11.3 Å². The van der Waals surface area contributed by atoms with Gasteiger partial charge < -0.3 is 5.32 Å². The standard InChI is InChI=1S/C21H23N3OS/c1-2-24-10-9-17-18(12-22)21(26-19(17)13-24)23-20(25)16-8-7-14-5-3-4-6-15(14)11-16/h7-8,11H,2-6,9-10,13H2,1H3,(H,23,25). The van der Waals surface area contributed by atoms with Gasteiger partial charge in [0.1, 0.15) is 11.1 Å². The first-order valence-electron chi connectivity index (χ1n) is 9.39. The van der Waals surface area contributed by atoms with Crippen LogP contribution >= 0.6 is 11.3 Å². The first-order chi connectivity index (χ1) is 12.7. The molecule has 2 aromatic rings. The van der Waals surface area contributed by atoms with Gasteiger partial charge in [0.2, 0.25) is 0 Å². The molecule has 0 bridgehead atoms. The molecule has 2 heterocycles. The number of nitrogens with one attached hydrogen (secondary N) is 1. The molecule has 4 rings (SSSR count). The molecule has 0 atom stereocenters. The van der Waals surface area contributed by atoms with Crippen molar-refractivity contribution >= 4 is 22.2 Å². The molecule has 1 aliphatic carbocycles. The minimum Gasteiger partial charge on any atom is -0.312 e. The van der Waals surface area contributed by atoms with Crippen molar-refractivity contribution in [3.05, 3.63) is 50.9 Å². The molecule has 4 nitrogen and oxygen atoms in total. The van der Waals surface area contributed by atoms with Gasteiger partial charge in [-0.05, 0) is 67.5 Å². The number of fused-ring (bicyclic) bond motifs is 2. The number of likely N-dealkylation sites (N-methyl/N-ethyl adjacent to an activating group) is 1. The summed E-state index contributed by atoms with van der Waals surface area (Å²) in [5.74, 6) is -0.110. The van der Waals surface area contributed by atoms with Gasteiger partial charge in [0.15, 0.2) is 0 Å². The van der Waals surface area contributed by atoms with E-state index >= 15 is 0 Å². The summed E-state index contributed by atoms with van der Waals surface area (Å²) < 4.78 is 0. The van der Waals surface area contributed by atoms with Crippen LogP contribution in [-0.4, -0.2) is 23.9 Å². The number of hydrogen-bond donors (Lipinski definition) is 1. The summed E-state index contributed by atoms with van der Waals surface area (Å²) in [6.45, 7) is 5.02. The number of amides is 1. The van der Waals surface area contributed by atoms with Crippen molar-refractivity contribution in [3.8, 4) is 6.07 Å². The van der Waals surface area contributed by atoms with Gasteiger partial charge in [-0.3, -0.25) is 9.69 Å². The van der Waals surface area contributed by atoms with Crippen LogP contribution in [-0.2, 0) is 25.8 Å². The Morgan fingerprint density at radius 3 is 2.85 bits per heavy atom. The van der Waals surface area contributed by atoms with Crippen LogP contribution in [0.2, 0.25) is 0 Å². The summed E-state index contributed by atoms with van der Waals surface area (Å²) >= 11 is 1.56. The molecule has 26 heavy (non-hydrogen) atoms. The van der Waals surface area contributed by atoms with E-state index in [-0.39, 0.29) is 5.91 Å². The number of carbonyl (C=O) groups is 1. The molecule has 1 amide bonds. The summed E-state index contributed by atoms with van der Waals surface area (Å²) in [6, 6.07) is 8.36. The largest absolute Gasteiger partial charge is 0.312 e. The molecule has 134 valence electrons. The maximum absolute atomic E-state index is 12.8. The smallest absolute Gasteiger partial charge is 0.256 e. The maximum atomic E-state index is 12.8. The van der Waals surface area contributed by atoms with Gasteiger partial charge in [-0.15, -0.1) is 11.3 Å². The molecule has 0 saturated heterocycles. The van der Waals surface area contributed by atoms with E-state index in [0.29, 0.717) is 16.1 Å². The van der Waals surface area contributed by atoms with Crippen LogP contribution in [0.4, 0.5) is 5.00 Å². The van der Waals surface area contributed by atoms with Crippen molar-refractivity contribution in [2.75, 3.05) is 18.4 Å². The minimum absolute atomic E-state index is 0.110. The lowest BCUT2D eigenvalue weighted by Crippen LogP contribution is -2.29. The molecule has 1 aromatic carbocycles. The number of rotatable bonds is 3. The average molecular weight is 366 g/mol. The number of aryl methyl sites for hydroxylation is 2. The van der Waals surface area contributed by atoms with Crippen molar-refractivity contribution in [2.45, 2.75) is 45.6 Å². The van der Waals surface area contributed by atoms with E-state index in [4.69, 9.17) is 0 Å². The zero-order chi connectivity index (χ0) is 18.1. The lowest BCUT2D eigenvalue weighted by molar-refractivity contribution is 0.102. The summed E-state index contributed by atoms with van der Waals surface area (Å²) in [5.41, 5.74) is 5.15. The second-order valence-corrected chi connectivity index (χ2v) is 8.19. The Balaban J connectivity index is 1.58. The zero-order valence-corrected chi connectivity index (χ0v) is 15.9. The molecule has 0 saturated carbocycles. The van der Waals surface area contributed by atoms with Crippen molar-refractivity contribution in [1.82, 2.24) is 4.90 Å². The van der Waals surface area contributed by atoms with Crippen LogP contribution in [0.3, 0.4) is 0 Å². The number of thiophene rings is 1. The highest BCUT2D eigenvalue weighted by Crippen LogP contribution is 2.37. The normalized spacial score (nSPS) is 16.5. The van der Waals surface area contributed by atoms with Crippen molar-refractivity contribution in [2.24, 2.45) is 0 Å². The number of nitriles is 1. The molecular weight excluding hydrogens is 342 g/mol. The van der Waals surface area contributed by atoms with E-state index in [2.05, 4.69) is 29.3 Å². The first kappa shape index (κ1) is 17.3. The Morgan fingerprint density at radius 1 is 1.27 bits per heavy atom. The molecule has 2 aliphatic rings. The predicted octanol–water partition coefficient (Wildman–Crippen LogP) is 4.13. The highest BCUT2D eigenvalue weighted by atomic mass is 32.1. The van der Waals surface area contributed by atoms with Gasteiger partial charge in [-0.2, -0.15) is 5.26 Å². The van der Waals surface area contributed by atoms with E-state index < -0.39 is 0 Å². The van der Waals surface area contributed by atoms with Gasteiger partial charge in [0.05, 0.1) is 5.56 Å². The second-order valence-electron chi connectivity index (χ2n) is 7.08. The maximum Gasteiger partial charge on any atom is 0.256 e. The lowest BCUT2D eigenvalue weighted by Gasteiger charge is -2.24. The summed E-state index contributed by atoms with van der Waals surface area (Å²) in [7, 11) is 0. The molecule has 5 heteroatoms. The number of carbonyl (C=O) groups excluding carboxylic acids is 1. The van der Waals surface area contributed by atoms with E-state index in [1.807, 2.05) is 12.1 Å². The summed E-state index contributed by atoms with van der Waals surface area (Å²) in [5, 5.41) is 13.3. The Labute approximate surface area is 158 Å². The quantitative estimate of drug-likeness (QED) is 0.890. The molecule has 0 spiro atoms. The second kappa shape index (κ2) is 7.22. The monoisotopic (exact) mass is 365 g/mol. The predicted molar refractivity (Wildman–Crippen MR) is 105 cm³/mol. The van der Waals surface area contributed by atoms with Crippen molar-refractivity contribution in [3.63, 3.8) is 0 Å². The summed E-state index contributed by atoms with van der Waals surface area (Å²) in [4.78, 5) is 16.4. The van der Waals surface area contributed by atoms with Crippen LogP contribution in [0.5, 0.6) is 0 Å². The Kier molecular flexibility index (Phi) is 4.80.